The number of aromatic nitrogens is 2. The van der Waals surface area contributed by atoms with Gasteiger partial charge in [-0.05, 0) is 53.1 Å². The molecule has 0 aliphatic rings. The molecule has 4 nitrogen and oxygen atoms in total. The maximum Gasteiger partial charge on any atom is 0.258 e. The molecule has 17 heavy (non-hydrogen) atoms. The van der Waals surface area contributed by atoms with Crippen LogP contribution in [0.3, 0.4) is 0 Å². The zero-order valence-electron chi connectivity index (χ0n) is 9.28. The number of halogens is 2. The van der Waals surface area contributed by atoms with Gasteiger partial charge < -0.3 is 9.26 Å². The molecule has 0 fully saturated rings. The van der Waals surface area contributed by atoms with Crippen LogP contribution in [0.4, 0.5) is 0 Å². The molecule has 2 rings (SSSR count). The quantitative estimate of drug-likeness (QED) is 0.860. The minimum absolute atomic E-state index is 0.0795. The Morgan fingerprint density at radius 2 is 2.18 bits per heavy atom. The minimum atomic E-state index is 0.0795. The Bertz CT molecular complexity index is 528. The predicted molar refractivity (Wildman–Crippen MR) is 68.2 cm³/mol. The summed E-state index contributed by atoms with van der Waals surface area (Å²) in [6.07, 6.45) is 0.0795. The molecular formula is C11H10BrClN2O2. The number of hydrogen-bond donors (Lipinski definition) is 0. The third-order valence-electron chi connectivity index (χ3n) is 1.94. The number of rotatable bonds is 3. The predicted octanol–water partition coefficient (Wildman–Crippen LogP) is 3.94. The van der Waals surface area contributed by atoms with Gasteiger partial charge in [0.25, 0.3) is 5.89 Å². The zero-order valence-corrected chi connectivity index (χ0v) is 11.6. The maximum atomic E-state index is 6.10. The number of benzene rings is 1. The van der Waals surface area contributed by atoms with Crippen LogP contribution >= 0.6 is 27.5 Å². The first-order chi connectivity index (χ1) is 8.06. The highest BCUT2D eigenvalue weighted by atomic mass is 79.9. The Morgan fingerprint density at radius 1 is 1.41 bits per heavy atom. The SMILES string of the molecule is CC(C)Oc1ccc(-c2nc(Br)no2)cc1Cl. The average Bonchev–Trinajstić information content (AvgIpc) is 2.67. The largest absolute Gasteiger partial charge is 0.489 e. The first-order valence-corrected chi connectivity index (χ1v) is 6.19. The lowest BCUT2D eigenvalue weighted by Gasteiger charge is -2.11. The second-order valence-electron chi connectivity index (χ2n) is 3.68. The molecule has 1 aromatic heterocycles. The van der Waals surface area contributed by atoms with Gasteiger partial charge >= 0.3 is 0 Å². The summed E-state index contributed by atoms with van der Waals surface area (Å²) in [5, 5.41) is 4.17. The van der Waals surface area contributed by atoms with Crippen molar-refractivity contribution in [3.05, 3.63) is 28.0 Å². The third-order valence-corrected chi connectivity index (χ3v) is 2.56. The summed E-state index contributed by atoms with van der Waals surface area (Å²) in [6, 6.07) is 5.35. The number of hydrogen-bond acceptors (Lipinski definition) is 4. The molecule has 0 spiro atoms. The molecular weight excluding hydrogens is 307 g/mol. The molecule has 0 amide bonds. The van der Waals surface area contributed by atoms with Crippen LogP contribution < -0.4 is 4.74 Å². The molecule has 1 heterocycles. The van der Waals surface area contributed by atoms with E-state index in [-0.39, 0.29) is 6.10 Å². The van der Waals surface area contributed by atoms with Gasteiger partial charge in [0.15, 0.2) is 0 Å². The van der Waals surface area contributed by atoms with Crippen LogP contribution in [-0.4, -0.2) is 16.2 Å². The summed E-state index contributed by atoms with van der Waals surface area (Å²) in [5.41, 5.74) is 0.754. The number of ether oxygens (including phenoxy) is 1. The van der Waals surface area contributed by atoms with Gasteiger partial charge in [0.2, 0.25) is 4.73 Å². The smallest absolute Gasteiger partial charge is 0.258 e. The molecule has 0 unspecified atom stereocenters. The summed E-state index contributed by atoms with van der Waals surface area (Å²) in [6.45, 7) is 3.89. The van der Waals surface area contributed by atoms with Crippen LogP contribution in [0.5, 0.6) is 5.75 Å². The monoisotopic (exact) mass is 316 g/mol. The summed E-state index contributed by atoms with van der Waals surface area (Å²) >= 11 is 9.23. The normalized spacial score (nSPS) is 10.9. The van der Waals surface area contributed by atoms with Crippen molar-refractivity contribution in [1.29, 1.82) is 0 Å². The van der Waals surface area contributed by atoms with Crippen molar-refractivity contribution < 1.29 is 9.26 Å². The molecule has 6 heteroatoms. The van der Waals surface area contributed by atoms with Crippen molar-refractivity contribution in [2.24, 2.45) is 0 Å². The van der Waals surface area contributed by atoms with E-state index in [1.54, 1.807) is 12.1 Å². The molecule has 0 saturated heterocycles. The van der Waals surface area contributed by atoms with Crippen molar-refractivity contribution in [2.45, 2.75) is 20.0 Å². The highest BCUT2D eigenvalue weighted by Gasteiger charge is 2.10. The molecule has 1 aromatic carbocycles. The second-order valence-corrected chi connectivity index (χ2v) is 4.80. The summed E-state index contributed by atoms with van der Waals surface area (Å²) < 4.78 is 11.0. The van der Waals surface area contributed by atoms with Crippen molar-refractivity contribution >= 4 is 27.5 Å². The topological polar surface area (TPSA) is 48.2 Å². The lowest BCUT2D eigenvalue weighted by Crippen LogP contribution is -2.05. The van der Waals surface area contributed by atoms with Crippen LogP contribution in [0.2, 0.25) is 5.02 Å². The van der Waals surface area contributed by atoms with Crippen LogP contribution in [0.25, 0.3) is 11.5 Å². The van der Waals surface area contributed by atoms with Crippen molar-refractivity contribution in [3.8, 4) is 17.2 Å². The highest BCUT2D eigenvalue weighted by Crippen LogP contribution is 2.30. The fourth-order valence-electron chi connectivity index (χ4n) is 1.31. The average molecular weight is 318 g/mol. The Hall–Kier alpha value is -1.07. The minimum Gasteiger partial charge on any atom is -0.489 e. The van der Waals surface area contributed by atoms with Gasteiger partial charge in [-0.25, -0.2) is 0 Å². The standard InChI is InChI=1S/C11H10BrClN2O2/c1-6(2)16-9-4-3-7(5-8(9)13)10-14-11(12)15-17-10/h3-6H,1-2H3. The fourth-order valence-corrected chi connectivity index (χ4v) is 1.76. The van der Waals surface area contributed by atoms with E-state index in [9.17, 15) is 0 Å². The maximum absolute atomic E-state index is 6.10. The van der Waals surface area contributed by atoms with Gasteiger partial charge in [-0.15, -0.1) is 0 Å². The van der Waals surface area contributed by atoms with Crippen molar-refractivity contribution in [1.82, 2.24) is 10.1 Å². The third kappa shape index (κ3) is 2.98. The van der Waals surface area contributed by atoms with E-state index in [2.05, 4.69) is 26.1 Å². The van der Waals surface area contributed by atoms with Crippen molar-refractivity contribution in [3.63, 3.8) is 0 Å². The highest BCUT2D eigenvalue weighted by molar-refractivity contribution is 9.10. The Morgan fingerprint density at radius 3 is 2.71 bits per heavy atom. The Labute approximate surface area is 112 Å². The van der Waals surface area contributed by atoms with Crippen LogP contribution in [-0.2, 0) is 0 Å². The van der Waals surface area contributed by atoms with Gasteiger partial charge in [0, 0.05) is 5.56 Å². The van der Waals surface area contributed by atoms with Gasteiger partial charge in [-0.3, -0.25) is 0 Å². The van der Waals surface area contributed by atoms with Crippen molar-refractivity contribution in [2.75, 3.05) is 0 Å². The molecule has 90 valence electrons. The molecule has 0 N–H and O–H groups in total. The lowest BCUT2D eigenvalue weighted by atomic mass is 10.2. The van der Waals surface area contributed by atoms with E-state index in [0.717, 1.165) is 5.56 Å². The van der Waals surface area contributed by atoms with E-state index in [0.29, 0.717) is 21.4 Å². The molecule has 0 aliphatic carbocycles. The van der Waals surface area contributed by atoms with E-state index in [1.165, 1.54) is 0 Å². The molecule has 2 aromatic rings. The van der Waals surface area contributed by atoms with E-state index >= 15 is 0 Å². The van der Waals surface area contributed by atoms with Crippen LogP contribution in [0.1, 0.15) is 13.8 Å². The zero-order chi connectivity index (χ0) is 12.4. The number of nitrogens with zero attached hydrogens (tertiary/aromatic N) is 2. The van der Waals surface area contributed by atoms with Gasteiger partial charge in [-0.1, -0.05) is 11.6 Å². The fraction of sp³-hybridized carbons (Fsp3) is 0.273. The second kappa shape index (κ2) is 5.06. The molecule has 0 saturated carbocycles. The lowest BCUT2D eigenvalue weighted by molar-refractivity contribution is 0.242. The van der Waals surface area contributed by atoms with E-state index in [1.807, 2.05) is 19.9 Å². The summed E-state index contributed by atoms with van der Waals surface area (Å²) in [4.78, 5) is 4.05. The Kier molecular flexibility index (Phi) is 3.69. The molecule has 0 aliphatic heterocycles. The van der Waals surface area contributed by atoms with E-state index < -0.39 is 0 Å². The van der Waals surface area contributed by atoms with Gasteiger partial charge in [0.1, 0.15) is 5.75 Å². The van der Waals surface area contributed by atoms with Crippen LogP contribution in [0.15, 0.2) is 27.5 Å². The summed E-state index contributed by atoms with van der Waals surface area (Å²) in [5.74, 6) is 1.05. The van der Waals surface area contributed by atoms with Gasteiger partial charge in [0.05, 0.1) is 11.1 Å². The molecule has 0 atom stereocenters. The summed E-state index contributed by atoms with van der Waals surface area (Å²) in [7, 11) is 0. The van der Waals surface area contributed by atoms with E-state index in [4.69, 9.17) is 20.9 Å². The molecule has 0 radical (unpaired) electrons. The Balaban J connectivity index is 2.30. The molecule has 0 bridgehead atoms. The first kappa shape index (κ1) is 12.4. The van der Waals surface area contributed by atoms with Gasteiger partial charge in [-0.2, -0.15) is 4.98 Å². The van der Waals surface area contributed by atoms with Crippen LogP contribution in [0, 0.1) is 0 Å². The first-order valence-electron chi connectivity index (χ1n) is 5.02.